The highest BCUT2D eigenvalue weighted by Crippen LogP contribution is 2.34. The second-order valence-electron chi connectivity index (χ2n) is 11.1. The molecule has 0 aromatic carbocycles. The summed E-state index contributed by atoms with van der Waals surface area (Å²) in [5.41, 5.74) is -0.336. The number of amides is 2. The van der Waals surface area contributed by atoms with Crippen LogP contribution in [0.5, 0.6) is 0 Å². The van der Waals surface area contributed by atoms with Gasteiger partial charge in [-0.25, -0.2) is 4.79 Å². The number of ether oxygens (including phenoxy) is 2. The van der Waals surface area contributed by atoms with Crippen molar-refractivity contribution in [1.82, 2.24) is 10.2 Å². The van der Waals surface area contributed by atoms with E-state index in [1.807, 2.05) is 20.8 Å². The van der Waals surface area contributed by atoms with Gasteiger partial charge in [-0.05, 0) is 56.6 Å². The molecule has 2 amide bonds. The highest BCUT2D eigenvalue weighted by Gasteiger charge is 2.39. The summed E-state index contributed by atoms with van der Waals surface area (Å²) in [5, 5.41) is 13.6. The van der Waals surface area contributed by atoms with Crippen molar-refractivity contribution in [3.05, 3.63) is 23.8 Å². The van der Waals surface area contributed by atoms with Crippen LogP contribution >= 0.6 is 0 Å². The summed E-state index contributed by atoms with van der Waals surface area (Å²) in [5.74, 6) is -0.394. The van der Waals surface area contributed by atoms with Gasteiger partial charge in [-0.15, -0.1) is 0 Å². The van der Waals surface area contributed by atoms with E-state index in [9.17, 15) is 14.7 Å². The SMILES string of the molecule is C=C(CNC(=O)C1(O)CCOCC1)/C(=C\C(C)(C)CCC)[C@@H]1CCCN1C(=O)OC(C)(C)C. The monoisotopic (exact) mass is 464 g/mol. The topological polar surface area (TPSA) is 88.1 Å². The van der Waals surface area contributed by atoms with E-state index in [4.69, 9.17) is 9.47 Å². The fourth-order valence-corrected chi connectivity index (χ4v) is 4.59. The molecule has 2 N–H and O–H groups in total. The van der Waals surface area contributed by atoms with E-state index in [0.29, 0.717) is 19.8 Å². The van der Waals surface area contributed by atoms with Gasteiger partial charge in [0, 0.05) is 39.1 Å². The molecule has 0 aromatic rings. The van der Waals surface area contributed by atoms with Crippen LogP contribution in [0.25, 0.3) is 0 Å². The standard InChI is InChI=1S/C26H44N2O5/c1-8-11-25(6,7)17-20(21-10-9-14-28(21)23(30)33-24(3,4)5)19(2)18-27-22(29)26(31)12-15-32-16-13-26/h17,21,31H,2,8-16,18H2,1,3-7H3,(H,27,29)/b20-17+/t21-/m0/s1. The third-order valence-corrected chi connectivity index (χ3v) is 6.29. The summed E-state index contributed by atoms with van der Waals surface area (Å²) in [4.78, 5) is 27.4. The van der Waals surface area contributed by atoms with Crippen LogP contribution in [0.3, 0.4) is 0 Å². The van der Waals surface area contributed by atoms with Gasteiger partial charge in [0.1, 0.15) is 11.2 Å². The quantitative estimate of drug-likeness (QED) is 0.521. The highest BCUT2D eigenvalue weighted by atomic mass is 16.6. The van der Waals surface area contributed by atoms with Crippen molar-refractivity contribution < 1.29 is 24.2 Å². The van der Waals surface area contributed by atoms with Crippen LogP contribution in [-0.4, -0.2) is 65.6 Å². The Hall–Kier alpha value is -1.86. The Bertz CT molecular complexity index is 744. The van der Waals surface area contributed by atoms with Crippen molar-refractivity contribution in [1.29, 1.82) is 0 Å². The van der Waals surface area contributed by atoms with E-state index in [1.54, 1.807) is 4.90 Å². The molecule has 2 aliphatic heterocycles. The molecule has 7 heteroatoms. The Morgan fingerprint density at radius 2 is 1.88 bits per heavy atom. The van der Waals surface area contributed by atoms with Gasteiger partial charge in [0.15, 0.2) is 0 Å². The number of hydrogen-bond donors (Lipinski definition) is 2. The number of rotatable bonds is 8. The molecule has 0 spiro atoms. The molecule has 2 saturated heterocycles. The van der Waals surface area contributed by atoms with Gasteiger partial charge >= 0.3 is 6.09 Å². The molecule has 0 unspecified atom stereocenters. The third-order valence-electron chi connectivity index (χ3n) is 6.29. The van der Waals surface area contributed by atoms with Crippen LogP contribution in [0.1, 0.15) is 80.1 Å². The number of carbonyl (C=O) groups excluding carboxylic acids is 2. The minimum atomic E-state index is -1.40. The molecule has 0 radical (unpaired) electrons. The van der Waals surface area contributed by atoms with Crippen molar-refractivity contribution >= 4 is 12.0 Å². The maximum Gasteiger partial charge on any atom is 0.410 e. The number of aliphatic hydroxyl groups is 1. The first-order valence-electron chi connectivity index (χ1n) is 12.3. The minimum Gasteiger partial charge on any atom is -0.444 e. The van der Waals surface area contributed by atoms with E-state index in [2.05, 4.69) is 38.7 Å². The smallest absolute Gasteiger partial charge is 0.410 e. The van der Waals surface area contributed by atoms with Crippen LogP contribution in [-0.2, 0) is 14.3 Å². The van der Waals surface area contributed by atoms with Crippen LogP contribution in [0.4, 0.5) is 4.79 Å². The molecule has 0 bridgehead atoms. The third kappa shape index (κ3) is 7.85. The van der Waals surface area contributed by atoms with Crippen LogP contribution in [0, 0.1) is 5.41 Å². The summed E-state index contributed by atoms with van der Waals surface area (Å²) < 4.78 is 10.9. The lowest BCUT2D eigenvalue weighted by Crippen LogP contribution is -2.50. The molecule has 0 aliphatic carbocycles. The maximum atomic E-state index is 12.9. The number of likely N-dealkylation sites (tertiary alicyclic amines) is 1. The largest absolute Gasteiger partial charge is 0.444 e. The van der Waals surface area contributed by atoms with E-state index in [-0.39, 0.29) is 36.9 Å². The van der Waals surface area contributed by atoms with Gasteiger partial charge in [0.25, 0.3) is 5.91 Å². The number of allylic oxidation sites excluding steroid dienone is 1. The molecule has 7 nitrogen and oxygen atoms in total. The van der Waals surface area contributed by atoms with Crippen molar-refractivity contribution in [3.8, 4) is 0 Å². The summed E-state index contributed by atoms with van der Waals surface area (Å²) in [6.45, 7) is 18.0. The van der Waals surface area contributed by atoms with Gasteiger partial charge in [0.2, 0.25) is 0 Å². The molecule has 0 aromatic heterocycles. The Morgan fingerprint density at radius 3 is 2.45 bits per heavy atom. The van der Waals surface area contributed by atoms with Crippen molar-refractivity contribution in [2.45, 2.75) is 97.3 Å². The van der Waals surface area contributed by atoms with Gasteiger partial charge in [0.05, 0.1) is 6.04 Å². The van der Waals surface area contributed by atoms with E-state index in [1.165, 1.54) is 0 Å². The first-order chi connectivity index (χ1) is 15.3. The number of hydrogen-bond acceptors (Lipinski definition) is 5. The second-order valence-corrected chi connectivity index (χ2v) is 11.1. The normalized spacial score (nSPS) is 21.6. The molecule has 2 heterocycles. The van der Waals surface area contributed by atoms with Gasteiger partial charge in [-0.1, -0.05) is 39.8 Å². The zero-order valence-electron chi connectivity index (χ0n) is 21.5. The lowest BCUT2D eigenvalue weighted by atomic mass is 9.82. The van der Waals surface area contributed by atoms with Gasteiger partial charge in [-0.2, -0.15) is 0 Å². The molecule has 2 fully saturated rings. The molecular formula is C26H44N2O5. The molecule has 33 heavy (non-hydrogen) atoms. The Labute approximate surface area is 199 Å². The molecule has 188 valence electrons. The van der Waals surface area contributed by atoms with E-state index < -0.39 is 17.1 Å². The highest BCUT2D eigenvalue weighted by molar-refractivity contribution is 5.85. The number of carbonyl (C=O) groups is 2. The van der Waals surface area contributed by atoms with Crippen LogP contribution in [0.15, 0.2) is 23.8 Å². The molecule has 0 saturated carbocycles. The lowest BCUT2D eigenvalue weighted by Gasteiger charge is -2.33. The minimum absolute atomic E-state index is 0.0852. The summed E-state index contributed by atoms with van der Waals surface area (Å²) in [7, 11) is 0. The van der Waals surface area contributed by atoms with Crippen molar-refractivity contribution in [3.63, 3.8) is 0 Å². The van der Waals surface area contributed by atoms with Crippen molar-refractivity contribution in [2.75, 3.05) is 26.3 Å². The first-order valence-corrected chi connectivity index (χ1v) is 12.3. The number of nitrogens with zero attached hydrogens (tertiary/aromatic N) is 1. The Morgan fingerprint density at radius 1 is 1.24 bits per heavy atom. The molecule has 1 atom stereocenters. The zero-order valence-corrected chi connectivity index (χ0v) is 21.5. The van der Waals surface area contributed by atoms with Crippen molar-refractivity contribution in [2.24, 2.45) is 5.41 Å². The second kappa shape index (κ2) is 11.0. The molecule has 2 aliphatic rings. The average molecular weight is 465 g/mol. The maximum absolute atomic E-state index is 12.9. The van der Waals surface area contributed by atoms with Gasteiger partial charge in [-0.3, -0.25) is 4.79 Å². The fraction of sp³-hybridized carbons (Fsp3) is 0.769. The van der Waals surface area contributed by atoms with E-state index >= 15 is 0 Å². The average Bonchev–Trinajstić information content (AvgIpc) is 3.19. The number of nitrogens with one attached hydrogen (secondary N) is 1. The van der Waals surface area contributed by atoms with Crippen LogP contribution in [0.2, 0.25) is 0 Å². The lowest BCUT2D eigenvalue weighted by molar-refractivity contribution is -0.149. The zero-order chi connectivity index (χ0) is 24.9. The first kappa shape index (κ1) is 27.4. The van der Waals surface area contributed by atoms with Gasteiger partial charge < -0.3 is 24.8 Å². The van der Waals surface area contributed by atoms with E-state index in [0.717, 1.165) is 36.8 Å². The molecular weight excluding hydrogens is 420 g/mol. The summed E-state index contributed by atoms with van der Waals surface area (Å²) in [6.07, 6.45) is 6.19. The predicted octanol–water partition coefficient (Wildman–Crippen LogP) is 4.35. The summed E-state index contributed by atoms with van der Waals surface area (Å²) >= 11 is 0. The predicted molar refractivity (Wildman–Crippen MR) is 130 cm³/mol. The summed E-state index contributed by atoms with van der Waals surface area (Å²) in [6, 6.07) is -0.147. The van der Waals surface area contributed by atoms with Crippen LogP contribution < -0.4 is 5.32 Å². The molecule has 2 rings (SSSR count). The Kier molecular flexibility index (Phi) is 9.16. The fourth-order valence-electron chi connectivity index (χ4n) is 4.59. The Balaban J connectivity index is 2.23.